The number of likely N-dealkylation sites (N-methyl/N-ethyl adjacent to an activating group) is 1. The van der Waals surface area contributed by atoms with Crippen LogP contribution in [0, 0.1) is 13.8 Å². The Hall–Kier alpha value is -1.70. The molecule has 1 fully saturated rings. The van der Waals surface area contributed by atoms with E-state index in [1.165, 1.54) is 4.88 Å². The van der Waals surface area contributed by atoms with Crippen molar-refractivity contribution in [2.75, 3.05) is 39.9 Å². The predicted octanol–water partition coefficient (Wildman–Crippen LogP) is 2.50. The van der Waals surface area contributed by atoms with Crippen LogP contribution >= 0.6 is 11.3 Å². The van der Waals surface area contributed by atoms with E-state index >= 15 is 0 Å². The van der Waals surface area contributed by atoms with Gasteiger partial charge in [-0.05, 0) is 18.4 Å². The highest BCUT2D eigenvalue weighted by atomic mass is 32.1. The van der Waals surface area contributed by atoms with Gasteiger partial charge >= 0.3 is 0 Å². The number of thiophene rings is 1. The van der Waals surface area contributed by atoms with Gasteiger partial charge in [0.2, 0.25) is 5.76 Å². The van der Waals surface area contributed by atoms with E-state index in [4.69, 9.17) is 9.15 Å². The second-order valence-corrected chi connectivity index (χ2v) is 6.99. The van der Waals surface area contributed by atoms with Gasteiger partial charge in [0.05, 0.1) is 24.9 Å². The lowest BCUT2D eigenvalue weighted by molar-refractivity contribution is 0.0101. The third kappa shape index (κ3) is 3.68. The molecular formula is C17H23N3O3S. The Balaban J connectivity index is 1.76. The highest BCUT2D eigenvalue weighted by Crippen LogP contribution is 2.27. The van der Waals surface area contributed by atoms with Crippen LogP contribution in [0.1, 0.15) is 33.1 Å². The lowest BCUT2D eigenvalue weighted by Gasteiger charge is -2.36. The summed E-state index contributed by atoms with van der Waals surface area (Å²) in [7, 11) is 1.82. The smallest absolute Gasteiger partial charge is 0.291 e. The number of aromatic nitrogens is 1. The standard InChI is InChI=1S/C17H23N3O3S/c1-12-16(23-13(2)18-12)17(21)19(3)11-14(15-5-4-10-24-15)20-6-8-22-9-7-20/h4-5,10,14H,6-9,11H2,1-3H3. The van der Waals surface area contributed by atoms with Crippen molar-refractivity contribution in [2.45, 2.75) is 19.9 Å². The molecule has 0 spiro atoms. The minimum atomic E-state index is -0.122. The molecule has 0 bridgehead atoms. The summed E-state index contributed by atoms with van der Waals surface area (Å²) in [6.45, 7) is 7.40. The van der Waals surface area contributed by atoms with Crippen LogP contribution in [0.3, 0.4) is 0 Å². The summed E-state index contributed by atoms with van der Waals surface area (Å²) in [6.07, 6.45) is 0. The van der Waals surface area contributed by atoms with E-state index in [9.17, 15) is 4.79 Å². The molecule has 6 nitrogen and oxygen atoms in total. The number of ether oxygens (including phenoxy) is 1. The first-order valence-corrected chi connectivity index (χ1v) is 8.99. The summed E-state index contributed by atoms with van der Waals surface area (Å²) >= 11 is 1.73. The van der Waals surface area contributed by atoms with Gasteiger partial charge < -0.3 is 14.1 Å². The molecule has 1 aliphatic rings. The maximum absolute atomic E-state index is 12.7. The fraction of sp³-hybridized carbons (Fsp3) is 0.529. The second kappa shape index (κ2) is 7.46. The van der Waals surface area contributed by atoms with Crippen molar-refractivity contribution < 1.29 is 13.9 Å². The van der Waals surface area contributed by atoms with Crippen molar-refractivity contribution in [1.29, 1.82) is 0 Å². The van der Waals surface area contributed by atoms with Crippen LogP contribution in [0.25, 0.3) is 0 Å². The van der Waals surface area contributed by atoms with E-state index in [2.05, 4.69) is 27.4 Å². The SMILES string of the molecule is Cc1nc(C)c(C(=O)N(C)CC(c2cccs2)N2CCOCC2)o1. The lowest BCUT2D eigenvalue weighted by Crippen LogP contribution is -2.44. The number of rotatable bonds is 5. The molecule has 1 saturated heterocycles. The first kappa shape index (κ1) is 17.1. The maximum Gasteiger partial charge on any atom is 0.291 e. The van der Waals surface area contributed by atoms with Crippen molar-refractivity contribution in [2.24, 2.45) is 0 Å². The molecule has 1 aliphatic heterocycles. The molecule has 24 heavy (non-hydrogen) atoms. The van der Waals surface area contributed by atoms with Crippen LogP contribution in [0.2, 0.25) is 0 Å². The van der Waals surface area contributed by atoms with E-state index in [1.807, 2.05) is 7.05 Å². The number of nitrogens with zero attached hydrogens (tertiary/aromatic N) is 3. The van der Waals surface area contributed by atoms with E-state index < -0.39 is 0 Å². The zero-order valence-corrected chi connectivity index (χ0v) is 15.1. The number of carbonyl (C=O) groups is 1. The van der Waals surface area contributed by atoms with Crippen molar-refractivity contribution in [3.8, 4) is 0 Å². The quantitative estimate of drug-likeness (QED) is 0.830. The number of morpholine rings is 1. The molecule has 0 radical (unpaired) electrons. The summed E-state index contributed by atoms with van der Waals surface area (Å²) in [6, 6.07) is 4.36. The molecule has 3 heterocycles. The number of amides is 1. The molecule has 0 N–H and O–H groups in total. The van der Waals surface area contributed by atoms with E-state index in [-0.39, 0.29) is 11.9 Å². The highest BCUT2D eigenvalue weighted by molar-refractivity contribution is 7.10. The topological polar surface area (TPSA) is 58.8 Å². The molecule has 2 aromatic heterocycles. The minimum Gasteiger partial charge on any atom is -0.436 e. The molecule has 1 unspecified atom stereocenters. The van der Waals surface area contributed by atoms with Gasteiger partial charge in [0.15, 0.2) is 5.89 Å². The Kier molecular flexibility index (Phi) is 5.33. The van der Waals surface area contributed by atoms with Crippen LogP contribution in [-0.2, 0) is 4.74 Å². The Morgan fingerprint density at radius 2 is 2.17 bits per heavy atom. The molecule has 130 valence electrons. The monoisotopic (exact) mass is 349 g/mol. The van der Waals surface area contributed by atoms with Crippen LogP contribution in [0.5, 0.6) is 0 Å². The number of hydrogen-bond donors (Lipinski definition) is 0. The molecule has 2 aromatic rings. The fourth-order valence-corrected chi connectivity index (χ4v) is 3.85. The van der Waals surface area contributed by atoms with Crippen molar-refractivity contribution in [1.82, 2.24) is 14.8 Å². The average Bonchev–Trinajstić information content (AvgIpc) is 3.22. The number of oxazole rings is 1. The minimum absolute atomic E-state index is 0.122. The van der Waals surface area contributed by atoms with Crippen molar-refractivity contribution in [3.63, 3.8) is 0 Å². The number of aryl methyl sites for hydroxylation is 2. The normalized spacial score (nSPS) is 17.0. The third-order valence-corrected chi connectivity index (χ3v) is 5.22. The maximum atomic E-state index is 12.7. The van der Waals surface area contributed by atoms with E-state index in [0.717, 1.165) is 26.3 Å². The second-order valence-electron chi connectivity index (χ2n) is 6.01. The molecule has 3 rings (SSSR count). The molecule has 1 amide bonds. The summed E-state index contributed by atoms with van der Waals surface area (Å²) in [4.78, 5) is 22.3. The number of carbonyl (C=O) groups excluding carboxylic acids is 1. The summed E-state index contributed by atoms with van der Waals surface area (Å²) in [5.74, 6) is 0.733. The largest absolute Gasteiger partial charge is 0.436 e. The van der Waals surface area contributed by atoms with Crippen LogP contribution in [0.15, 0.2) is 21.9 Å². The van der Waals surface area contributed by atoms with E-state index in [0.29, 0.717) is 23.9 Å². The van der Waals surface area contributed by atoms with Gasteiger partial charge in [0.1, 0.15) is 0 Å². The van der Waals surface area contributed by atoms with Gasteiger partial charge in [0.25, 0.3) is 5.91 Å². The Morgan fingerprint density at radius 3 is 2.75 bits per heavy atom. The molecule has 7 heteroatoms. The van der Waals surface area contributed by atoms with Gasteiger partial charge in [-0.25, -0.2) is 4.98 Å². The molecule has 0 aliphatic carbocycles. The zero-order valence-electron chi connectivity index (χ0n) is 14.3. The average molecular weight is 349 g/mol. The van der Waals surface area contributed by atoms with Gasteiger partial charge in [-0.15, -0.1) is 11.3 Å². The molecule has 0 saturated carbocycles. The first-order chi connectivity index (χ1) is 11.6. The molecule has 1 atom stereocenters. The van der Waals surface area contributed by atoms with Gasteiger partial charge in [0, 0.05) is 38.5 Å². The lowest BCUT2D eigenvalue weighted by atomic mass is 10.1. The Labute approximate surface area is 146 Å². The van der Waals surface area contributed by atoms with Gasteiger partial charge in [-0.1, -0.05) is 6.07 Å². The van der Waals surface area contributed by atoms with Gasteiger partial charge in [-0.3, -0.25) is 9.69 Å². The van der Waals surface area contributed by atoms with Crippen LogP contribution < -0.4 is 0 Å². The Morgan fingerprint density at radius 1 is 1.42 bits per heavy atom. The van der Waals surface area contributed by atoms with Crippen LogP contribution in [-0.4, -0.2) is 60.6 Å². The summed E-state index contributed by atoms with van der Waals surface area (Å²) in [5, 5.41) is 2.08. The third-order valence-electron chi connectivity index (χ3n) is 4.25. The highest BCUT2D eigenvalue weighted by Gasteiger charge is 2.28. The predicted molar refractivity (Wildman–Crippen MR) is 92.4 cm³/mol. The summed E-state index contributed by atoms with van der Waals surface area (Å²) in [5.41, 5.74) is 0.642. The molecular weight excluding hydrogens is 326 g/mol. The Bertz CT molecular complexity index is 677. The van der Waals surface area contributed by atoms with Crippen LogP contribution in [0.4, 0.5) is 0 Å². The van der Waals surface area contributed by atoms with Gasteiger partial charge in [-0.2, -0.15) is 0 Å². The first-order valence-electron chi connectivity index (χ1n) is 8.11. The number of hydrogen-bond acceptors (Lipinski definition) is 6. The molecule has 0 aromatic carbocycles. The summed E-state index contributed by atoms with van der Waals surface area (Å²) < 4.78 is 10.9. The fourth-order valence-electron chi connectivity index (χ4n) is 3.00. The van der Waals surface area contributed by atoms with E-state index in [1.54, 1.807) is 30.1 Å². The van der Waals surface area contributed by atoms with Crippen molar-refractivity contribution >= 4 is 17.2 Å². The van der Waals surface area contributed by atoms with Crippen molar-refractivity contribution in [3.05, 3.63) is 39.7 Å². The zero-order chi connectivity index (χ0) is 17.1.